The van der Waals surface area contributed by atoms with Crippen molar-refractivity contribution in [2.24, 2.45) is 12.8 Å². The van der Waals surface area contributed by atoms with Gasteiger partial charge < -0.3 is 21.3 Å². The number of alkyl halides is 3. The third-order valence-electron chi connectivity index (χ3n) is 5.44. The number of nitrogens with zero attached hydrogens (tertiary/aromatic N) is 4. The molecule has 1 aromatic carbocycles. The zero-order valence-electron chi connectivity index (χ0n) is 19.4. The topological polar surface area (TPSA) is 118 Å². The first-order valence-electron chi connectivity index (χ1n) is 11.1. The standard InChI is InChI=1S/C23H28F3N7O2/c1-15(16-8-13-33(14-9-16)19(34)7-10-23(24,25)26)20-30-22(31-32(20)2)29-18-5-3-17(4-6-18)21(35)28-12-11-27/h3-6,8H,1,7,9-14,27H2,2H3,(H,28,35)(H,29,31). The first-order valence-corrected chi connectivity index (χ1v) is 11.1. The Morgan fingerprint density at radius 1 is 1.23 bits per heavy atom. The number of nitrogens with one attached hydrogen (secondary N) is 2. The molecule has 35 heavy (non-hydrogen) atoms. The highest BCUT2D eigenvalue weighted by molar-refractivity contribution is 5.94. The molecule has 1 aliphatic rings. The Hall–Kier alpha value is -3.67. The molecule has 12 heteroatoms. The second kappa shape index (κ2) is 11.2. The predicted octanol–water partition coefficient (Wildman–Crippen LogP) is 2.76. The number of hydrogen-bond donors (Lipinski definition) is 3. The number of benzene rings is 1. The fourth-order valence-corrected chi connectivity index (χ4v) is 3.54. The Balaban J connectivity index is 1.60. The van der Waals surface area contributed by atoms with E-state index in [0.29, 0.717) is 54.7 Å². The smallest absolute Gasteiger partial charge is 0.351 e. The molecule has 1 aromatic heterocycles. The number of halogens is 3. The van der Waals surface area contributed by atoms with E-state index in [9.17, 15) is 22.8 Å². The van der Waals surface area contributed by atoms with Gasteiger partial charge >= 0.3 is 6.18 Å². The number of amides is 2. The van der Waals surface area contributed by atoms with Crippen LogP contribution in [0.15, 0.2) is 42.5 Å². The number of nitrogens with two attached hydrogens (primary N) is 1. The van der Waals surface area contributed by atoms with Gasteiger partial charge in [-0.25, -0.2) is 4.68 Å². The summed E-state index contributed by atoms with van der Waals surface area (Å²) < 4.78 is 38.7. The van der Waals surface area contributed by atoms with Gasteiger partial charge in [0.1, 0.15) is 0 Å². The van der Waals surface area contributed by atoms with Crippen LogP contribution in [-0.2, 0) is 11.8 Å². The highest BCUT2D eigenvalue weighted by Crippen LogP contribution is 2.27. The lowest BCUT2D eigenvalue weighted by Crippen LogP contribution is -2.35. The van der Waals surface area contributed by atoms with Crippen LogP contribution < -0.4 is 16.4 Å². The molecule has 0 saturated carbocycles. The first-order chi connectivity index (χ1) is 16.6. The van der Waals surface area contributed by atoms with Gasteiger partial charge in [-0.1, -0.05) is 12.7 Å². The summed E-state index contributed by atoms with van der Waals surface area (Å²) in [6, 6.07) is 6.81. The average Bonchev–Trinajstić information content (AvgIpc) is 3.20. The summed E-state index contributed by atoms with van der Waals surface area (Å²) in [7, 11) is 1.72. The van der Waals surface area contributed by atoms with Crippen molar-refractivity contribution in [2.75, 3.05) is 31.5 Å². The molecule has 4 N–H and O–H groups in total. The second-order valence-corrected chi connectivity index (χ2v) is 8.04. The number of carbonyl (C=O) groups is 2. The molecule has 1 aliphatic heterocycles. The van der Waals surface area contributed by atoms with E-state index in [0.717, 1.165) is 5.57 Å². The number of allylic oxidation sites excluding steroid dienone is 1. The quantitative estimate of drug-likeness (QED) is 0.497. The largest absolute Gasteiger partial charge is 0.389 e. The zero-order chi connectivity index (χ0) is 25.6. The lowest BCUT2D eigenvalue weighted by Gasteiger charge is -2.27. The van der Waals surface area contributed by atoms with Crippen molar-refractivity contribution in [3.05, 3.63) is 53.9 Å². The maximum atomic E-state index is 12.4. The van der Waals surface area contributed by atoms with E-state index >= 15 is 0 Å². The molecule has 0 aliphatic carbocycles. The maximum Gasteiger partial charge on any atom is 0.389 e. The van der Waals surface area contributed by atoms with Crippen molar-refractivity contribution in [2.45, 2.75) is 25.4 Å². The molecule has 0 unspecified atom stereocenters. The van der Waals surface area contributed by atoms with Crippen LogP contribution in [0.25, 0.3) is 5.57 Å². The number of anilines is 2. The highest BCUT2D eigenvalue weighted by atomic mass is 19.4. The molecular formula is C23H28F3N7O2. The zero-order valence-corrected chi connectivity index (χ0v) is 19.4. The molecule has 0 atom stereocenters. The number of carbonyl (C=O) groups excluding carboxylic acids is 2. The monoisotopic (exact) mass is 491 g/mol. The molecule has 188 valence electrons. The van der Waals surface area contributed by atoms with Crippen molar-refractivity contribution < 1.29 is 22.8 Å². The number of aryl methyl sites for hydroxylation is 1. The molecule has 2 heterocycles. The minimum atomic E-state index is -4.35. The molecule has 2 amide bonds. The van der Waals surface area contributed by atoms with Crippen molar-refractivity contribution in [3.8, 4) is 0 Å². The molecule has 0 saturated heterocycles. The lowest BCUT2D eigenvalue weighted by molar-refractivity contribution is -0.148. The molecule has 0 bridgehead atoms. The molecule has 0 spiro atoms. The molecule has 9 nitrogen and oxygen atoms in total. The van der Waals surface area contributed by atoms with Crippen LogP contribution in [0, 0.1) is 0 Å². The number of rotatable bonds is 9. The van der Waals surface area contributed by atoms with E-state index in [-0.39, 0.29) is 12.5 Å². The van der Waals surface area contributed by atoms with Crippen LogP contribution in [-0.4, -0.2) is 63.8 Å². The van der Waals surface area contributed by atoms with Crippen molar-refractivity contribution in [1.29, 1.82) is 0 Å². The van der Waals surface area contributed by atoms with Crippen LogP contribution in [0.4, 0.5) is 24.8 Å². The van der Waals surface area contributed by atoms with Crippen LogP contribution in [0.2, 0.25) is 0 Å². The van der Waals surface area contributed by atoms with Gasteiger partial charge in [0.25, 0.3) is 5.91 Å². The number of aromatic nitrogens is 3. The average molecular weight is 492 g/mol. The molecule has 2 aromatic rings. The highest BCUT2D eigenvalue weighted by Gasteiger charge is 2.29. The van der Waals surface area contributed by atoms with E-state index < -0.39 is 24.9 Å². The summed E-state index contributed by atoms with van der Waals surface area (Å²) in [5.74, 6) is 0.131. The molecule has 0 fully saturated rings. The minimum absolute atomic E-state index is 0.210. The third kappa shape index (κ3) is 7.15. The van der Waals surface area contributed by atoms with Gasteiger partial charge in [-0.15, -0.1) is 5.10 Å². The normalized spacial score (nSPS) is 13.9. The molecular weight excluding hydrogens is 463 g/mol. The van der Waals surface area contributed by atoms with Crippen LogP contribution in [0.3, 0.4) is 0 Å². The van der Waals surface area contributed by atoms with Gasteiger partial charge in [0.2, 0.25) is 11.9 Å². The van der Waals surface area contributed by atoms with Crippen LogP contribution >= 0.6 is 0 Å². The minimum Gasteiger partial charge on any atom is -0.351 e. The van der Waals surface area contributed by atoms with E-state index in [1.807, 2.05) is 0 Å². The Kier molecular flexibility index (Phi) is 8.28. The van der Waals surface area contributed by atoms with E-state index in [2.05, 4.69) is 27.3 Å². The summed E-state index contributed by atoms with van der Waals surface area (Å²) in [6.45, 7) is 5.39. The van der Waals surface area contributed by atoms with Gasteiger partial charge in [0.15, 0.2) is 5.82 Å². The van der Waals surface area contributed by atoms with Crippen molar-refractivity contribution >= 4 is 29.0 Å². The van der Waals surface area contributed by atoms with E-state index in [4.69, 9.17) is 5.73 Å². The second-order valence-electron chi connectivity index (χ2n) is 8.04. The number of hydrogen-bond acceptors (Lipinski definition) is 6. The van der Waals surface area contributed by atoms with Gasteiger partial charge in [-0.3, -0.25) is 9.59 Å². The van der Waals surface area contributed by atoms with Gasteiger partial charge in [0.05, 0.1) is 6.42 Å². The first kappa shape index (κ1) is 25.9. The lowest BCUT2D eigenvalue weighted by atomic mass is 10.00. The van der Waals surface area contributed by atoms with Gasteiger partial charge in [0, 0.05) is 56.5 Å². The van der Waals surface area contributed by atoms with Crippen LogP contribution in [0.1, 0.15) is 35.4 Å². The summed E-state index contributed by atoms with van der Waals surface area (Å²) in [5.41, 5.74) is 8.07. The SMILES string of the molecule is C=C(C1=CCN(C(=O)CCC(F)(F)F)CC1)c1nc(Nc2ccc(C(=O)NCCN)cc2)nn1C. The van der Waals surface area contributed by atoms with E-state index in [1.54, 1.807) is 42.1 Å². The maximum absolute atomic E-state index is 12.4. The third-order valence-corrected chi connectivity index (χ3v) is 5.44. The molecule has 0 radical (unpaired) electrons. The van der Waals surface area contributed by atoms with Gasteiger partial charge in [-0.2, -0.15) is 18.2 Å². The van der Waals surface area contributed by atoms with Gasteiger partial charge in [-0.05, 0) is 36.3 Å². The van der Waals surface area contributed by atoms with E-state index in [1.165, 1.54) is 4.90 Å². The summed E-state index contributed by atoms with van der Waals surface area (Å²) in [4.78, 5) is 29.9. The fraction of sp³-hybridized carbons (Fsp3) is 0.391. The Labute approximate surface area is 200 Å². The predicted molar refractivity (Wildman–Crippen MR) is 126 cm³/mol. The van der Waals surface area contributed by atoms with Crippen molar-refractivity contribution in [1.82, 2.24) is 25.0 Å². The fourth-order valence-electron chi connectivity index (χ4n) is 3.54. The summed E-state index contributed by atoms with van der Waals surface area (Å²) in [6.07, 6.45) is -3.78. The Morgan fingerprint density at radius 3 is 2.54 bits per heavy atom. The van der Waals surface area contributed by atoms with Crippen LogP contribution in [0.5, 0.6) is 0 Å². The van der Waals surface area contributed by atoms with Crippen molar-refractivity contribution in [3.63, 3.8) is 0 Å². The summed E-state index contributed by atoms with van der Waals surface area (Å²) >= 11 is 0. The Morgan fingerprint density at radius 2 is 1.94 bits per heavy atom. The molecule has 3 rings (SSSR count). The Bertz CT molecular complexity index is 1110. The summed E-state index contributed by atoms with van der Waals surface area (Å²) in [5, 5.41) is 10.1.